The van der Waals surface area contributed by atoms with Gasteiger partial charge in [0.15, 0.2) is 0 Å². The first-order valence-corrected chi connectivity index (χ1v) is 12.5. The molecular formula is C31H32N2O4. The molecule has 6 heteroatoms. The van der Waals surface area contributed by atoms with E-state index in [0.717, 1.165) is 45.6 Å². The van der Waals surface area contributed by atoms with Crippen LogP contribution in [-0.2, 0) is 16.0 Å². The normalized spacial score (nSPS) is 15.0. The molecule has 0 bridgehead atoms. The Bertz CT molecular complexity index is 1240. The van der Waals surface area contributed by atoms with Crippen LogP contribution < -0.4 is 4.90 Å². The van der Waals surface area contributed by atoms with Gasteiger partial charge in [0, 0.05) is 50.6 Å². The number of aliphatic carboxylic acids is 2. The Kier molecular flexibility index (Phi) is 8.89. The van der Waals surface area contributed by atoms with Crippen LogP contribution in [0.5, 0.6) is 0 Å². The van der Waals surface area contributed by atoms with Crippen molar-refractivity contribution in [1.29, 1.82) is 0 Å². The zero-order valence-electron chi connectivity index (χ0n) is 20.8. The van der Waals surface area contributed by atoms with Crippen molar-refractivity contribution in [3.05, 3.63) is 108 Å². The summed E-state index contributed by atoms with van der Waals surface area (Å²) in [5.41, 5.74) is 8.58. The molecule has 6 nitrogen and oxygen atoms in total. The van der Waals surface area contributed by atoms with Gasteiger partial charge in [0.25, 0.3) is 0 Å². The van der Waals surface area contributed by atoms with E-state index in [1.807, 2.05) is 0 Å². The summed E-state index contributed by atoms with van der Waals surface area (Å²) in [6.45, 7) is 5.71. The molecule has 1 aliphatic carbocycles. The lowest BCUT2D eigenvalue weighted by Crippen LogP contribution is -2.46. The van der Waals surface area contributed by atoms with Crippen molar-refractivity contribution in [2.45, 2.75) is 12.8 Å². The minimum atomic E-state index is -1.26. The molecule has 0 aromatic heterocycles. The van der Waals surface area contributed by atoms with E-state index < -0.39 is 11.9 Å². The Labute approximate surface area is 217 Å². The molecule has 5 rings (SSSR count). The van der Waals surface area contributed by atoms with E-state index in [2.05, 4.69) is 94.7 Å². The van der Waals surface area contributed by atoms with E-state index in [-0.39, 0.29) is 0 Å². The molecule has 0 amide bonds. The van der Waals surface area contributed by atoms with Gasteiger partial charge >= 0.3 is 11.9 Å². The molecule has 37 heavy (non-hydrogen) atoms. The van der Waals surface area contributed by atoms with Gasteiger partial charge in [0.2, 0.25) is 0 Å². The van der Waals surface area contributed by atoms with Crippen molar-refractivity contribution in [3.63, 3.8) is 0 Å². The van der Waals surface area contributed by atoms with E-state index in [4.69, 9.17) is 10.2 Å². The number of para-hydroxylation sites is 1. The van der Waals surface area contributed by atoms with Gasteiger partial charge in [-0.3, -0.25) is 4.90 Å². The van der Waals surface area contributed by atoms with Crippen LogP contribution in [0.1, 0.15) is 17.5 Å². The summed E-state index contributed by atoms with van der Waals surface area (Å²) >= 11 is 0. The number of allylic oxidation sites excluding steroid dienone is 1. The second kappa shape index (κ2) is 12.7. The largest absolute Gasteiger partial charge is 0.478 e. The molecule has 0 radical (unpaired) electrons. The summed E-state index contributed by atoms with van der Waals surface area (Å²) in [5, 5.41) is 15.6. The summed E-state index contributed by atoms with van der Waals surface area (Å²) in [6.07, 6.45) is 5.79. The first-order chi connectivity index (χ1) is 18.0. The number of carbonyl (C=O) groups is 2. The van der Waals surface area contributed by atoms with E-state index in [9.17, 15) is 9.59 Å². The Morgan fingerprint density at radius 3 is 1.95 bits per heavy atom. The van der Waals surface area contributed by atoms with Crippen molar-refractivity contribution in [2.24, 2.45) is 0 Å². The minimum absolute atomic E-state index is 0.558. The molecule has 190 valence electrons. The summed E-state index contributed by atoms with van der Waals surface area (Å²) in [6, 6.07) is 28.4. The Balaban J connectivity index is 0.000000349. The average molecular weight is 497 g/mol. The van der Waals surface area contributed by atoms with E-state index in [1.54, 1.807) is 0 Å². The monoisotopic (exact) mass is 496 g/mol. The lowest BCUT2D eigenvalue weighted by atomic mass is 9.94. The summed E-state index contributed by atoms with van der Waals surface area (Å²) in [4.78, 5) is 24.2. The van der Waals surface area contributed by atoms with Crippen LogP contribution in [0.2, 0.25) is 0 Å². The van der Waals surface area contributed by atoms with Crippen molar-refractivity contribution < 1.29 is 19.8 Å². The van der Waals surface area contributed by atoms with E-state index in [0.29, 0.717) is 12.2 Å². The fourth-order valence-corrected chi connectivity index (χ4v) is 4.86. The molecule has 1 saturated heterocycles. The highest BCUT2D eigenvalue weighted by Gasteiger charge is 2.20. The van der Waals surface area contributed by atoms with Gasteiger partial charge in [0.1, 0.15) is 0 Å². The average Bonchev–Trinajstić information content (AvgIpc) is 3.36. The van der Waals surface area contributed by atoms with Gasteiger partial charge < -0.3 is 15.1 Å². The summed E-state index contributed by atoms with van der Waals surface area (Å²) in [5.74, 6) is -2.51. The van der Waals surface area contributed by atoms with Crippen molar-refractivity contribution in [1.82, 2.24) is 4.90 Å². The highest BCUT2D eigenvalue weighted by Crippen LogP contribution is 2.36. The van der Waals surface area contributed by atoms with Crippen LogP contribution in [0, 0.1) is 0 Å². The van der Waals surface area contributed by atoms with Crippen LogP contribution in [0.15, 0.2) is 97.1 Å². The zero-order chi connectivity index (χ0) is 26.0. The van der Waals surface area contributed by atoms with Crippen LogP contribution >= 0.6 is 0 Å². The number of carboxylic acid groups (broad SMARTS) is 2. The Morgan fingerprint density at radius 2 is 1.32 bits per heavy atom. The first-order valence-electron chi connectivity index (χ1n) is 12.5. The third kappa shape index (κ3) is 7.18. The molecule has 2 aliphatic rings. The predicted molar refractivity (Wildman–Crippen MR) is 148 cm³/mol. The number of nitrogens with zero attached hydrogens (tertiary/aromatic N) is 2. The van der Waals surface area contributed by atoms with Crippen LogP contribution in [-0.4, -0.2) is 59.8 Å². The molecule has 1 aliphatic heterocycles. The Morgan fingerprint density at radius 1 is 0.730 bits per heavy atom. The van der Waals surface area contributed by atoms with E-state index in [1.165, 1.54) is 33.5 Å². The van der Waals surface area contributed by atoms with Crippen LogP contribution in [0.3, 0.4) is 0 Å². The number of benzene rings is 3. The number of piperazine rings is 1. The highest BCUT2D eigenvalue weighted by atomic mass is 16.4. The zero-order valence-corrected chi connectivity index (χ0v) is 20.8. The molecule has 2 N–H and O–H groups in total. The molecule has 0 spiro atoms. The standard InChI is InChI=1S/C27H28N2.C4H4O4/c1-3-8-22(9-4-1)25-12-7-13-26-23(14-15-27(25)26)16-17-28-18-20-29(21-19-28)24-10-5-2-6-11-24;5-3(6)1-2-4(7)8/h1-14H,15-21H2;1-2H,(H,5,6)(H,7,8)/b;2-1-. The fourth-order valence-electron chi connectivity index (χ4n) is 4.86. The summed E-state index contributed by atoms with van der Waals surface area (Å²) < 4.78 is 0. The fraction of sp³-hybridized carbons (Fsp3) is 0.226. The smallest absolute Gasteiger partial charge is 0.328 e. The molecule has 1 fully saturated rings. The quantitative estimate of drug-likeness (QED) is 0.437. The Hall–Kier alpha value is -4.16. The van der Waals surface area contributed by atoms with Gasteiger partial charge in [-0.15, -0.1) is 0 Å². The maximum absolute atomic E-state index is 9.55. The maximum Gasteiger partial charge on any atom is 0.328 e. The molecule has 0 saturated carbocycles. The molecule has 1 heterocycles. The van der Waals surface area contributed by atoms with Gasteiger partial charge in [-0.25, -0.2) is 9.59 Å². The predicted octanol–water partition coefficient (Wildman–Crippen LogP) is 5.22. The van der Waals surface area contributed by atoms with Crippen molar-refractivity contribution in [3.8, 4) is 11.1 Å². The second-order valence-electron chi connectivity index (χ2n) is 9.06. The number of fused-ring (bicyclic) bond motifs is 1. The number of carboxylic acids is 2. The third-order valence-corrected chi connectivity index (χ3v) is 6.72. The number of rotatable bonds is 7. The highest BCUT2D eigenvalue weighted by molar-refractivity contribution is 5.89. The molecule has 3 aromatic carbocycles. The van der Waals surface area contributed by atoms with E-state index >= 15 is 0 Å². The number of anilines is 1. The van der Waals surface area contributed by atoms with Crippen LogP contribution in [0.25, 0.3) is 16.7 Å². The SMILES string of the molecule is C1=C(CCN2CCN(c3ccccc3)CC2)c2cccc(-c3ccccc3)c2C1.O=C(O)/C=C\C(=O)O. The molecule has 3 aromatic rings. The molecule has 0 unspecified atom stereocenters. The second-order valence-corrected chi connectivity index (χ2v) is 9.06. The topological polar surface area (TPSA) is 81.1 Å². The van der Waals surface area contributed by atoms with Crippen molar-refractivity contribution >= 4 is 23.2 Å². The first kappa shape index (κ1) is 25.9. The number of hydrogen-bond donors (Lipinski definition) is 2. The van der Waals surface area contributed by atoms with Gasteiger partial charge in [0.05, 0.1) is 0 Å². The number of hydrogen-bond acceptors (Lipinski definition) is 4. The maximum atomic E-state index is 9.55. The lowest BCUT2D eigenvalue weighted by molar-refractivity contribution is -0.134. The van der Waals surface area contributed by atoms with Gasteiger partial charge in [-0.1, -0.05) is 72.8 Å². The lowest BCUT2D eigenvalue weighted by Gasteiger charge is -2.36. The van der Waals surface area contributed by atoms with Gasteiger partial charge in [-0.05, 0) is 52.8 Å². The van der Waals surface area contributed by atoms with Crippen molar-refractivity contribution in [2.75, 3.05) is 37.6 Å². The summed E-state index contributed by atoms with van der Waals surface area (Å²) in [7, 11) is 0. The van der Waals surface area contributed by atoms with Crippen LogP contribution in [0.4, 0.5) is 5.69 Å². The van der Waals surface area contributed by atoms with Gasteiger partial charge in [-0.2, -0.15) is 0 Å². The minimum Gasteiger partial charge on any atom is -0.478 e. The molecular weight excluding hydrogens is 464 g/mol. The third-order valence-electron chi connectivity index (χ3n) is 6.72. The molecule has 0 atom stereocenters.